The molecule has 9 heteroatoms. The van der Waals surface area contributed by atoms with Gasteiger partial charge in [-0.25, -0.2) is 14.3 Å². The van der Waals surface area contributed by atoms with E-state index >= 15 is 0 Å². The van der Waals surface area contributed by atoms with E-state index in [4.69, 9.17) is 5.26 Å². The number of fused-ring (bicyclic) bond motifs is 1. The number of carbonyl (C=O) groups excluding carboxylic acids is 1. The third kappa shape index (κ3) is 2.81. The van der Waals surface area contributed by atoms with Crippen molar-refractivity contribution < 1.29 is 4.79 Å². The average Bonchev–Trinajstić information content (AvgIpc) is 2.99. The highest BCUT2D eigenvalue weighted by Crippen LogP contribution is 2.09. The molecule has 1 N–H and O–H groups in total. The zero-order chi connectivity index (χ0) is 18.1. The lowest BCUT2D eigenvalue weighted by Crippen LogP contribution is -2.42. The maximum absolute atomic E-state index is 12.5. The van der Waals surface area contributed by atoms with E-state index < -0.39 is 23.7 Å². The normalized spacial score (nSPS) is 10.6. The van der Waals surface area contributed by atoms with Gasteiger partial charge in [-0.15, -0.1) is 0 Å². The van der Waals surface area contributed by atoms with Crippen molar-refractivity contribution in [3.05, 3.63) is 57.0 Å². The van der Waals surface area contributed by atoms with Crippen molar-refractivity contribution in [2.75, 3.05) is 5.32 Å². The average molecular weight is 338 g/mol. The van der Waals surface area contributed by atoms with Crippen molar-refractivity contribution in [2.45, 2.75) is 6.54 Å². The molecule has 126 valence electrons. The van der Waals surface area contributed by atoms with E-state index in [-0.39, 0.29) is 11.2 Å². The molecular weight excluding hydrogens is 324 g/mol. The minimum Gasteiger partial charge on any atom is -0.328 e. The first-order valence-electron chi connectivity index (χ1n) is 7.33. The smallest absolute Gasteiger partial charge is 0.328 e. The maximum atomic E-state index is 12.5. The van der Waals surface area contributed by atoms with Crippen LogP contribution in [0.4, 0.5) is 5.69 Å². The second-order valence-corrected chi connectivity index (χ2v) is 5.50. The highest BCUT2D eigenvalue weighted by Gasteiger charge is 2.16. The lowest BCUT2D eigenvalue weighted by atomic mass is 10.2. The fourth-order valence-corrected chi connectivity index (χ4v) is 2.51. The molecule has 0 spiro atoms. The van der Waals surface area contributed by atoms with Crippen molar-refractivity contribution >= 4 is 22.8 Å². The molecule has 0 aliphatic heterocycles. The largest absolute Gasteiger partial charge is 0.332 e. The van der Waals surface area contributed by atoms with Gasteiger partial charge in [-0.2, -0.15) is 5.26 Å². The summed E-state index contributed by atoms with van der Waals surface area (Å²) in [6, 6.07) is 8.24. The Labute approximate surface area is 141 Å². The number of rotatable bonds is 3. The highest BCUT2D eigenvalue weighted by atomic mass is 16.2. The Morgan fingerprint density at radius 2 is 1.92 bits per heavy atom. The van der Waals surface area contributed by atoms with E-state index in [0.717, 1.165) is 4.57 Å². The number of anilines is 1. The van der Waals surface area contributed by atoms with Crippen LogP contribution in [-0.4, -0.2) is 24.6 Å². The molecule has 0 saturated carbocycles. The van der Waals surface area contributed by atoms with Gasteiger partial charge in [0.2, 0.25) is 5.91 Å². The van der Waals surface area contributed by atoms with Crippen molar-refractivity contribution in [2.24, 2.45) is 14.1 Å². The molecule has 9 nitrogen and oxygen atoms in total. The van der Waals surface area contributed by atoms with Crippen molar-refractivity contribution in [1.29, 1.82) is 5.26 Å². The first kappa shape index (κ1) is 16.2. The molecule has 0 unspecified atom stereocenters. The number of aromatic nitrogens is 4. The Bertz CT molecular complexity index is 1130. The molecule has 1 amide bonds. The number of benzene rings is 1. The number of nitrogens with zero attached hydrogens (tertiary/aromatic N) is 5. The topological polar surface area (TPSA) is 115 Å². The number of aryl methyl sites for hydroxylation is 2. The van der Waals surface area contributed by atoms with Crippen LogP contribution in [-0.2, 0) is 25.4 Å². The number of carbonyl (C=O) groups is 1. The minimum atomic E-state index is -0.619. The Morgan fingerprint density at radius 1 is 1.24 bits per heavy atom. The molecule has 1 aromatic carbocycles. The lowest BCUT2D eigenvalue weighted by Gasteiger charge is -2.09. The lowest BCUT2D eigenvalue weighted by molar-refractivity contribution is -0.116. The number of nitriles is 1. The van der Waals surface area contributed by atoms with Gasteiger partial charge in [0.15, 0.2) is 11.2 Å². The number of hydrogen-bond donors (Lipinski definition) is 1. The standard InChI is InChI=1S/C16H14N6O3/c1-20-9-18-14-13(20)15(24)22(16(25)21(14)2)8-12(23)19-11-5-3-10(7-17)4-6-11/h3-6,9H,8H2,1-2H3,(H,19,23). The fraction of sp³-hybridized carbons (Fsp3) is 0.188. The molecule has 0 radical (unpaired) electrons. The summed E-state index contributed by atoms with van der Waals surface area (Å²) in [6.07, 6.45) is 1.44. The van der Waals surface area contributed by atoms with E-state index in [0.29, 0.717) is 11.3 Å². The summed E-state index contributed by atoms with van der Waals surface area (Å²) in [5.41, 5.74) is 0.244. The van der Waals surface area contributed by atoms with Gasteiger partial charge < -0.3 is 9.88 Å². The monoisotopic (exact) mass is 338 g/mol. The predicted octanol–water partition coefficient (Wildman–Crippen LogP) is -0.0559. The van der Waals surface area contributed by atoms with Gasteiger partial charge >= 0.3 is 5.69 Å². The van der Waals surface area contributed by atoms with Gasteiger partial charge in [0, 0.05) is 19.8 Å². The van der Waals surface area contributed by atoms with Crippen LogP contribution in [0.1, 0.15) is 5.56 Å². The van der Waals surface area contributed by atoms with Crippen LogP contribution in [0.25, 0.3) is 11.2 Å². The summed E-state index contributed by atoms with van der Waals surface area (Å²) >= 11 is 0. The van der Waals surface area contributed by atoms with E-state index in [2.05, 4.69) is 10.3 Å². The molecule has 0 fully saturated rings. The number of amides is 1. The van der Waals surface area contributed by atoms with Gasteiger partial charge in [0.25, 0.3) is 5.56 Å². The molecule has 3 aromatic rings. The molecule has 0 aliphatic rings. The summed E-state index contributed by atoms with van der Waals surface area (Å²) in [4.78, 5) is 41.1. The Hall–Kier alpha value is -3.67. The van der Waals surface area contributed by atoms with E-state index in [1.54, 1.807) is 31.3 Å². The number of nitrogens with one attached hydrogen (secondary N) is 1. The Morgan fingerprint density at radius 3 is 2.56 bits per heavy atom. The minimum absolute atomic E-state index is 0.244. The first-order valence-corrected chi connectivity index (χ1v) is 7.33. The molecule has 0 aliphatic carbocycles. The SMILES string of the molecule is Cn1cnc2c1c(=O)n(CC(=O)Nc1ccc(C#N)cc1)c(=O)n2C. The van der Waals surface area contributed by atoms with E-state index in [1.165, 1.54) is 22.5 Å². The summed E-state index contributed by atoms with van der Waals surface area (Å²) < 4.78 is 3.60. The van der Waals surface area contributed by atoms with Crippen LogP contribution in [0, 0.1) is 11.3 Å². The summed E-state index contributed by atoms with van der Waals surface area (Å²) in [5.74, 6) is -0.523. The quantitative estimate of drug-likeness (QED) is 0.719. The van der Waals surface area contributed by atoms with Crippen LogP contribution >= 0.6 is 0 Å². The van der Waals surface area contributed by atoms with E-state index in [9.17, 15) is 14.4 Å². The third-order valence-corrected chi connectivity index (χ3v) is 3.80. The van der Waals surface area contributed by atoms with Crippen molar-refractivity contribution in [1.82, 2.24) is 18.7 Å². The van der Waals surface area contributed by atoms with Gasteiger partial charge in [-0.3, -0.25) is 14.2 Å². The number of hydrogen-bond acceptors (Lipinski definition) is 5. The van der Waals surface area contributed by atoms with Gasteiger partial charge in [-0.1, -0.05) is 0 Å². The molecule has 0 atom stereocenters. The molecule has 2 heterocycles. The molecule has 0 saturated heterocycles. The maximum Gasteiger partial charge on any atom is 0.332 e. The summed E-state index contributed by atoms with van der Waals surface area (Å²) in [6.45, 7) is -0.424. The van der Waals surface area contributed by atoms with E-state index in [1.807, 2.05) is 6.07 Å². The molecule has 2 aromatic heterocycles. The fourth-order valence-electron chi connectivity index (χ4n) is 2.51. The van der Waals surface area contributed by atoms with Crippen LogP contribution in [0.2, 0.25) is 0 Å². The van der Waals surface area contributed by atoms with Gasteiger partial charge in [0.1, 0.15) is 6.54 Å². The third-order valence-electron chi connectivity index (χ3n) is 3.80. The second kappa shape index (κ2) is 6.09. The summed E-state index contributed by atoms with van der Waals surface area (Å²) in [5, 5.41) is 11.4. The highest BCUT2D eigenvalue weighted by molar-refractivity contribution is 5.90. The van der Waals surface area contributed by atoms with Crippen LogP contribution in [0.3, 0.4) is 0 Å². The molecular formula is C16H14N6O3. The van der Waals surface area contributed by atoms with Crippen molar-refractivity contribution in [3.63, 3.8) is 0 Å². The first-order chi connectivity index (χ1) is 11.9. The van der Waals surface area contributed by atoms with Crippen LogP contribution in [0.15, 0.2) is 40.2 Å². The van der Waals surface area contributed by atoms with Gasteiger partial charge in [-0.05, 0) is 24.3 Å². The van der Waals surface area contributed by atoms with Crippen LogP contribution < -0.4 is 16.6 Å². The zero-order valence-corrected chi connectivity index (χ0v) is 13.6. The zero-order valence-electron chi connectivity index (χ0n) is 13.6. The second-order valence-electron chi connectivity index (χ2n) is 5.50. The number of imidazole rings is 1. The predicted molar refractivity (Wildman–Crippen MR) is 90.0 cm³/mol. The van der Waals surface area contributed by atoms with Crippen molar-refractivity contribution in [3.8, 4) is 6.07 Å². The molecule has 0 bridgehead atoms. The molecule has 3 rings (SSSR count). The van der Waals surface area contributed by atoms with Gasteiger partial charge in [0.05, 0.1) is 18.0 Å². The molecule has 25 heavy (non-hydrogen) atoms. The Balaban J connectivity index is 1.93. The Kier molecular flexibility index (Phi) is 3.94. The summed E-state index contributed by atoms with van der Waals surface area (Å²) in [7, 11) is 3.13. The van der Waals surface area contributed by atoms with Crippen LogP contribution in [0.5, 0.6) is 0 Å².